The van der Waals surface area contributed by atoms with E-state index >= 15 is 0 Å². The number of aliphatic hydroxyl groups is 1. The Kier molecular flexibility index (Phi) is 5.86. The number of ether oxygens (including phenoxy) is 1. The number of nitrogens with zero attached hydrogens (tertiary/aromatic N) is 4. The molecule has 0 saturated carbocycles. The number of aromatic nitrogens is 2. The SMILES string of the molecule is COC(=O)c1cc2c(CN3CCN4C[C@H](O)C[C@H]4C3)cn(Cc3ccc(F)cc3F)c2cn1. The molecular weight excluding hydrogens is 430 g/mol. The number of esters is 1. The van der Waals surface area contributed by atoms with Gasteiger partial charge in [-0.05, 0) is 24.1 Å². The summed E-state index contributed by atoms with van der Waals surface area (Å²) < 4.78 is 34.4. The number of hydrogen-bond acceptors (Lipinski definition) is 6. The van der Waals surface area contributed by atoms with Crippen LogP contribution in [0.2, 0.25) is 0 Å². The summed E-state index contributed by atoms with van der Waals surface area (Å²) in [5.74, 6) is -1.74. The van der Waals surface area contributed by atoms with E-state index in [1.165, 1.54) is 19.2 Å². The number of aliphatic hydroxyl groups excluding tert-OH is 1. The van der Waals surface area contributed by atoms with Gasteiger partial charge in [0.2, 0.25) is 0 Å². The molecular formula is C24H26F2N4O3. The third-order valence-corrected chi connectivity index (χ3v) is 6.67. The monoisotopic (exact) mass is 456 g/mol. The summed E-state index contributed by atoms with van der Waals surface area (Å²) in [7, 11) is 1.31. The van der Waals surface area contributed by atoms with Gasteiger partial charge in [-0.3, -0.25) is 9.80 Å². The third-order valence-electron chi connectivity index (χ3n) is 6.67. The van der Waals surface area contributed by atoms with Crippen molar-refractivity contribution in [1.29, 1.82) is 0 Å². The van der Waals surface area contributed by atoms with E-state index in [9.17, 15) is 18.7 Å². The van der Waals surface area contributed by atoms with E-state index in [0.717, 1.165) is 55.1 Å². The summed E-state index contributed by atoms with van der Waals surface area (Å²) in [5.41, 5.74) is 2.33. The summed E-state index contributed by atoms with van der Waals surface area (Å²) in [5, 5.41) is 10.8. The molecule has 2 saturated heterocycles. The lowest BCUT2D eigenvalue weighted by molar-refractivity contribution is 0.0594. The van der Waals surface area contributed by atoms with Gasteiger partial charge in [-0.2, -0.15) is 0 Å². The standard InChI is InChI=1S/C24H26F2N4O3/c1-33-24(32)22-8-20-16(10-28-4-5-29-14-19(31)7-18(29)13-28)12-30(23(20)9-27-22)11-15-2-3-17(25)6-21(15)26/h2-3,6,8-9,12,18-19,31H,4-5,7,10-11,13-14H2,1H3/t18-,19+/m0/s1. The Balaban J connectivity index is 1.47. The van der Waals surface area contributed by atoms with E-state index in [4.69, 9.17) is 4.74 Å². The fourth-order valence-electron chi connectivity index (χ4n) is 5.03. The molecule has 4 heterocycles. The Morgan fingerprint density at radius 2 is 2.03 bits per heavy atom. The van der Waals surface area contributed by atoms with Crippen LogP contribution in [0.3, 0.4) is 0 Å². The highest BCUT2D eigenvalue weighted by Crippen LogP contribution is 2.28. The third kappa shape index (κ3) is 4.36. The summed E-state index contributed by atoms with van der Waals surface area (Å²) in [4.78, 5) is 21.0. The molecule has 1 N–H and O–H groups in total. The molecule has 33 heavy (non-hydrogen) atoms. The average Bonchev–Trinajstić information content (AvgIpc) is 3.33. The number of carbonyl (C=O) groups is 1. The first kappa shape index (κ1) is 21.9. The van der Waals surface area contributed by atoms with E-state index in [-0.39, 0.29) is 18.3 Å². The highest BCUT2D eigenvalue weighted by Gasteiger charge is 2.35. The Hall–Kier alpha value is -2.88. The maximum Gasteiger partial charge on any atom is 0.356 e. The molecule has 0 radical (unpaired) electrons. The fraction of sp³-hybridized carbons (Fsp3) is 0.417. The molecule has 2 atom stereocenters. The van der Waals surface area contributed by atoms with E-state index in [2.05, 4.69) is 14.8 Å². The van der Waals surface area contributed by atoms with Crippen LogP contribution in [0, 0.1) is 11.6 Å². The molecule has 2 aliphatic heterocycles. The summed E-state index contributed by atoms with van der Waals surface area (Å²) in [6.45, 7) is 4.22. The van der Waals surface area contributed by atoms with Crippen LogP contribution in [0.5, 0.6) is 0 Å². The molecule has 0 unspecified atom stereocenters. The number of halogens is 2. The van der Waals surface area contributed by atoms with Crippen molar-refractivity contribution in [2.45, 2.75) is 31.7 Å². The van der Waals surface area contributed by atoms with Crippen molar-refractivity contribution in [2.24, 2.45) is 0 Å². The molecule has 2 aliphatic rings. The first-order chi connectivity index (χ1) is 15.9. The number of pyridine rings is 1. The predicted octanol–water partition coefficient (Wildman–Crippen LogP) is 2.40. The van der Waals surface area contributed by atoms with Gasteiger partial charge in [0, 0.05) is 62.0 Å². The maximum atomic E-state index is 14.3. The first-order valence-electron chi connectivity index (χ1n) is 11.1. The number of piperazine rings is 1. The van der Waals surface area contributed by atoms with Gasteiger partial charge in [0.05, 0.1) is 31.5 Å². The zero-order valence-electron chi connectivity index (χ0n) is 18.4. The molecule has 2 aromatic heterocycles. The molecule has 0 spiro atoms. The van der Waals surface area contributed by atoms with Crippen LogP contribution in [0.1, 0.15) is 28.0 Å². The van der Waals surface area contributed by atoms with Crippen molar-refractivity contribution >= 4 is 16.9 Å². The van der Waals surface area contributed by atoms with Crippen molar-refractivity contribution in [2.75, 3.05) is 33.3 Å². The second-order valence-electron chi connectivity index (χ2n) is 8.87. The Morgan fingerprint density at radius 3 is 2.82 bits per heavy atom. The van der Waals surface area contributed by atoms with Gasteiger partial charge in [0.15, 0.2) is 0 Å². The second kappa shape index (κ2) is 8.81. The zero-order valence-corrected chi connectivity index (χ0v) is 18.4. The van der Waals surface area contributed by atoms with Crippen molar-refractivity contribution in [1.82, 2.24) is 19.4 Å². The van der Waals surface area contributed by atoms with Crippen molar-refractivity contribution in [3.8, 4) is 0 Å². The zero-order chi connectivity index (χ0) is 23.1. The van der Waals surface area contributed by atoms with Crippen molar-refractivity contribution in [3.05, 3.63) is 65.1 Å². The van der Waals surface area contributed by atoms with E-state index in [0.29, 0.717) is 18.2 Å². The smallest absolute Gasteiger partial charge is 0.356 e. The number of hydrogen-bond donors (Lipinski definition) is 1. The van der Waals surface area contributed by atoms with Gasteiger partial charge < -0.3 is 14.4 Å². The van der Waals surface area contributed by atoms with Gasteiger partial charge >= 0.3 is 5.97 Å². The fourth-order valence-corrected chi connectivity index (χ4v) is 5.03. The van der Waals surface area contributed by atoms with E-state index < -0.39 is 17.6 Å². The number of fused-ring (bicyclic) bond motifs is 2. The normalized spacial score (nSPS) is 21.5. The number of benzene rings is 1. The molecule has 5 rings (SSSR count). The predicted molar refractivity (Wildman–Crippen MR) is 118 cm³/mol. The molecule has 1 aromatic carbocycles. The van der Waals surface area contributed by atoms with Gasteiger partial charge in [-0.1, -0.05) is 6.07 Å². The van der Waals surface area contributed by atoms with Gasteiger partial charge in [0.25, 0.3) is 0 Å². The van der Waals surface area contributed by atoms with Crippen LogP contribution < -0.4 is 0 Å². The minimum Gasteiger partial charge on any atom is -0.464 e. The topological polar surface area (TPSA) is 70.8 Å². The van der Waals surface area contributed by atoms with Gasteiger partial charge in [-0.15, -0.1) is 0 Å². The lowest BCUT2D eigenvalue weighted by atomic mass is 10.1. The number of methoxy groups -OCH3 is 1. The van der Waals surface area contributed by atoms with Crippen LogP contribution in [0.15, 0.2) is 36.7 Å². The van der Waals surface area contributed by atoms with E-state index in [1.54, 1.807) is 12.3 Å². The van der Waals surface area contributed by atoms with E-state index in [1.807, 2.05) is 10.8 Å². The first-order valence-corrected chi connectivity index (χ1v) is 11.1. The molecule has 174 valence electrons. The van der Waals surface area contributed by atoms with Gasteiger partial charge in [0.1, 0.15) is 17.3 Å². The Morgan fingerprint density at radius 1 is 1.18 bits per heavy atom. The number of carbonyl (C=O) groups excluding carboxylic acids is 1. The van der Waals surface area contributed by atoms with Crippen molar-refractivity contribution < 1.29 is 23.4 Å². The molecule has 9 heteroatoms. The van der Waals surface area contributed by atoms with Crippen LogP contribution >= 0.6 is 0 Å². The minimum absolute atomic E-state index is 0.209. The molecule has 7 nitrogen and oxygen atoms in total. The summed E-state index contributed by atoms with van der Waals surface area (Å²) in [6, 6.07) is 5.61. The molecule has 0 bridgehead atoms. The number of rotatable bonds is 5. The highest BCUT2D eigenvalue weighted by molar-refractivity contribution is 5.93. The summed E-state index contributed by atoms with van der Waals surface area (Å²) >= 11 is 0. The lowest BCUT2D eigenvalue weighted by Crippen LogP contribution is -2.49. The molecule has 0 amide bonds. The highest BCUT2D eigenvalue weighted by atomic mass is 19.1. The van der Waals surface area contributed by atoms with Crippen molar-refractivity contribution in [3.63, 3.8) is 0 Å². The lowest BCUT2D eigenvalue weighted by Gasteiger charge is -2.37. The molecule has 0 aliphatic carbocycles. The van der Waals surface area contributed by atoms with Crippen LogP contribution in [-0.4, -0.2) is 75.9 Å². The van der Waals surface area contributed by atoms with Crippen LogP contribution in [0.4, 0.5) is 8.78 Å². The van der Waals surface area contributed by atoms with Crippen LogP contribution in [-0.2, 0) is 17.8 Å². The van der Waals surface area contributed by atoms with Gasteiger partial charge in [-0.25, -0.2) is 18.6 Å². The largest absolute Gasteiger partial charge is 0.464 e. The minimum atomic E-state index is -0.616. The Labute approximate surface area is 190 Å². The average molecular weight is 456 g/mol. The molecule has 3 aromatic rings. The summed E-state index contributed by atoms with van der Waals surface area (Å²) in [6.07, 6.45) is 4.05. The maximum absolute atomic E-state index is 14.3. The quantitative estimate of drug-likeness (QED) is 0.595. The van der Waals surface area contributed by atoms with Crippen LogP contribution in [0.25, 0.3) is 10.9 Å². The Bertz CT molecular complexity index is 1200. The molecule has 2 fully saturated rings. The second-order valence-corrected chi connectivity index (χ2v) is 8.87.